The number of thiazole rings is 1. The molecule has 3 aromatic heterocycles. The third-order valence-electron chi connectivity index (χ3n) is 6.63. The lowest BCUT2D eigenvalue weighted by molar-refractivity contribution is 0.0509. The van der Waals surface area contributed by atoms with Crippen LogP contribution in [0.1, 0.15) is 48.2 Å². The molecule has 15 heteroatoms. The molecule has 0 saturated heterocycles. The van der Waals surface area contributed by atoms with Crippen LogP contribution in [0.5, 0.6) is 22.7 Å². The summed E-state index contributed by atoms with van der Waals surface area (Å²) >= 11 is 1.22. The lowest BCUT2D eigenvalue weighted by Crippen LogP contribution is -2.27. The molecule has 248 valence electrons. The second-order valence-corrected chi connectivity index (χ2v) is 17.7. The first-order chi connectivity index (χ1) is 21.8. The molecule has 13 nitrogen and oxygen atoms in total. The molecule has 0 saturated carbocycles. The van der Waals surface area contributed by atoms with Crippen molar-refractivity contribution in [2.24, 2.45) is 0 Å². The van der Waals surface area contributed by atoms with E-state index in [1.54, 1.807) is 11.6 Å². The minimum absolute atomic E-state index is 0.0368. The summed E-state index contributed by atoms with van der Waals surface area (Å²) in [5, 5.41) is 7.87. The second-order valence-electron chi connectivity index (χ2n) is 12.4. The van der Waals surface area contributed by atoms with Gasteiger partial charge in [-0.2, -0.15) is 15.0 Å². The number of ether oxygens (including phenoxy) is 4. The van der Waals surface area contributed by atoms with Gasteiger partial charge in [0.15, 0.2) is 14.0 Å². The van der Waals surface area contributed by atoms with Gasteiger partial charge in [0.25, 0.3) is 11.1 Å². The predicted molar refractivity (Wildman–Crippen MR) is 180 cm³/mol. The molecule has 46 heavy (non-hydrogen) atoms. The van der Waals surface area contributed by atoms with E-state index in [0.717, 1.165) is 11.1 Å². The van der Waals surface area contributed by atoms with E-state index in [2.05, 4.69) is 77.0 Å². The zero-order chi connectivity index (χ0) is 33.5. The van der Waals surface area contributed by atoms with Crippen molar-refractivity contribution in [2.45, 2.75) is 66.0 Å². The molecule has 1 amide bonds. The number of hydrogen-bond donors (Lipinski definition) is 2. The van der Waals surface area contributed by atoms with E-state index in [1.807, 2.05) is 29.8 Å². The third-order valence-corrected chi connectivity index (χ3v) is 8.42. The molecule has 0 aliphatic carbocycles. The van der Waals surface area contributed by atoms with Gasteiger partial charge in [0.05, 0.1) is 34.0 Å². The fourth-order valence-electron chi connectivity index (χ4n) is 4.11. The van der Waals surface area contributed by atoms with E-state index >= 15 is 0 Å². The Bertz CT molecular complexity index is 1610. The number of anilines is 2. The van der Waals surface area contributed by atoms with E-state index in [1.165, 1.54) is 25.6 Å². The number of nitrogens with zero attached hydrogens (tertiary/aromatic N) is 5. The molecule has 0 radical (unpaired) electrons. The first kappa shape index (κ1) is 34.8. The Hall–Kier alpha value is -4.05. The normalized spacial score (nSPS) is 11.8. The van der Waals surface area contributed by atoms with Crippen LogP contribution in [-0.4, -0.2) is 66.2 Å². The highest BCUT2D eigenvalue weighted by Gasteiger charge is 2.22. The summed E-state index contributed by atoms with van der Waals surface area (Å²) in [5.74, 6) is 1.35. The Labute approximate surface area is 274 Å². The van der Waals surface area contributed by atoms with Crippen LogP contribution in [0.25, 0.3) is 0 Å². The van der Waals surface area contributed by atoms with Crippen LogP contribution in [0.15, 0.2) is 36.0 Å². The number of carbonyl (C=O) groups is 1. The Morgan fingerprint density at radius 3 is 2.41 bits per heavy atom. The third kappa shape index (κ3) is 9.48. The molecular weight excluding hydrogens is 627 g/mol. The smallest absolute Gasteiger partial charge is 0.279 e. The Morgan fingerprint density at radius 2 is 1.76 bits per heavy atom. The zero-order valence-corrected chi connectivity index (χ0v) is 29.7. The van der Waals surface area contributed by atoms with E-state index in [-0.39, 0.29) is 34.5 Å². The number of benzene rings is 1. The Morgan fingerprint density at radius 1 is 1.04 bits per heavy atom. The average molecular weight is 670 g/mol. The number of aryl methyl sites for hydroxylation is 1. The summed E-state index contributed by atoms with van der Waals surface area (Å²) in [6.45, 7) is 16.5. The molecule has 0 unspecified atom stereocenters. The first-order valence-corrected chi connectivity index (χ1v) is 19.1. The molecule has 0 aliphatic rings. The number of methoxy groups -OCH3 is 2. The Balaban J connectivity index is 1.40. The predicted octanol–water partition coefficient (Wildman–Crippen LogP) is 6.24. The number of nitrogens with one attached hydrogen (secondary N) is 2. The van der Waals surface area contributed by atoms with Gasteiger partial charge in [0.1, 0.15) is 24.0 Å². The number of imidazole rings is 1. The summed E-state index contributed by atoms with van der Waals surface area (Å²) in [6, 6.07) is 6.11. The van der Waals surface area contributed by atoms with Crippen molar-refractivity contribution in [3.05, 3.63) is 58.6 Å². The summed E-state index contributed by atoms with van der Waals surface area (Å²) in [4.78, 5) is 30.9. The molecule has 0 spiro atoms. The van der Waals surface area contributed by atoms with Crippen molar-refractivity contribution in [3.8, 4) is 22.7 Å². The quantitative estimate of drug-likeness (QED) is 0.110. The topological polar surface area (TPSA) is 144 Å². The molecule has 0 bridgehead atoms. The second kappa shape index (κ2) is 15.0. The molecule has 1 aromatic carbocycles. The van der Waals surface area contributed by atoms with E-state index in [9.17, 15) is 4.79 Å². The lowest BCUT2D eigenvalue weighted by atomic mass is 9.86. The maximum atomic E-state index is 13.2. The van der Waals surface area contributed by atoms with Crippen LogP contribution in [0.3, 0.4) is 0 Å². The average Bonchev–Trinajstić information content (AvgIpc) is 3.65. The molecule has 2 N–H and O–H groups in total. The SMILES string of the molecule is COc1nc(NCc2nccn2COCCO[Si](C)(C)C)nc(OC)c1NC(=O)c1csc(Oc2cc(C(C)(C)C)ccc2C)n1. The number of carbonyl (C=O) groups excluding carboxylic acids is 1. The van der Waals surface area contributed by atoms with Crippen LogP contribution < -0.4 is 24.8 Å². The van der Waals surface area contributed by atoms with Gasteiger partial charge in [-0.05, 0) is 49.2 Å². The molecule has 0 fully saturated rings. The monoisotopic (exact) mass is 669 g/mol. The minimum Gasteiger partial charge on any atom is -0.479 e. The molecule has 3 heterocycles. The van der Waals surface area contributed by atoms with E-state index < -0.39 is 14.2 Å². The van der Waals surface area contributed by atoms with E-state index in [4.69, 9.17) is 23.4 Å². The number of aromatic nitrogens is 5. The minimum atomic E-state index is -1.58. The van der Waals surface area contributed by atoms with Gasteiger partial charge >= 0.3 is 0 Å². The van der Waals surface area contributed by atoms with Gasteiger partial charge in [0.2, 0.25) is 17.7 Å². The Kier molecular flexibility index (Phi) is 11.4. The van der Waals surface area contributed by atoms with Crippen molar-refractivity contribution >= 4 is 37.2 Å². The van der Waals surface area contributed by atoms with Gasteiger partial charge < -0.3 is 38.6 Å². The molecule has 0 aliphatic heterocycles. The molecule has 4 rings (SSSR count). The summed E-state index contributed by atoms with van der Waals surface area (Å²) < 4.78 is 30.5. The lowest BCUT2D eigenvalue weighted by Gasteiger charge is -2.20. The summed E-state index contributed by atoms with van der Waals surface area (Å²) in [5.41, 5.74) is 2.40. The summed E-state index contributed by atoms with van der Waals surface area (Å²) in [6.07, 6.45) is 3.52. The molecular formula is C31H43N7O6SSi. The number of amides is 1. The highest BCUT2D eigenvalue weighted by atomic mass is 32.1. The van der Waals surface area contributed by atoms with Crippen LogP contribution >= 0.6 is 11.3 Å². The molecule has 4 aromatic rings. The van der Waals surface area contributed by atoms with Gasteiger partial charge in [-0.15, -0.1) is 0 Å². The highest BCUT2D eigenvalue weighted by Crippen LogP contribution is 2.35. The first-order valence-electron chi connectivity index (χ1n) is 14.8. The fraction of sp³-hybridized carbons (Fsp3) is 0.452. The zero-order valence-electron chi connectivity index (χ0n) is 27.9. The van der Waals surface area contributed by atoms with Gasteiger partial charge in [-0.1, -0.05) is 44.2 Å². The van der Waals surface area contributed by atoms with Crippen molar-refractivity contribution in [3.63, 3.8) is 0 Å². The van der Waals surface area contributed by atoms with Crippen LogP contribution in [-0.2, 0) is 27.9 Å². The molecule has 0 atom stereocenters. The highest BCUT2D eigenvalue weighted by molar-refractivity contribution is 7.11. The van der Waals surface area contributed by atoms with Crippen LogP contribution in [0.2, 0.25) is 19.6 Å². The largest absolute Gasteiger partial charge is 0.479 e. The van der Waals surface area contributed by atoms with Crippen molar-refractivity contribution in [2.75, 3.05) is 38.1 Å². The van der Waals surface area contributed by atoms with Gasteiger partial charge in [-0.3, -0.25) is 4.79 Å². The van der Waals surface area contributed by atoms with E-state index in [0.29, 0.717) is 43.3 Å². The van der Waals surface area contributed by atoms with Crippen molar-refractivity contribution < 1.29 is 28.2 Å². The van der Waals surface area contributed by atoms with Gasteiger partial charge in [0, 0.05) is 17.8 Å². The van der Waals surface area contributed by atoms with Gasteiger partial charge in [-0.25, -0.2) is 4.98 Å². The maximum Gasteiger partial charge on any atom is 0.279 e. The van der Waals surface area contributed by atoms with Crippen molar-refractivity contribution in [1.29, 1.82) is 0 Å². The van der Waals surface area contributed by atoms with Crippen LogP contribution in [0, 0.1) is 6.92 Å². The maximum absolute atomic E-state index is 13.2. The van der Waals surface area contributed by atoms with Crippen LogP contribution in [0.4, 0.5) is 11.6 Å². The van der Waals surface area contributed by atoms with Crippen molar-refractivity contribution in [1.82, 2.24) is 24.5 Å². The fourth-order valence-corrected chi connectivity index (χ4v) is 5.47. The number of hydrogen-bond acceptors (Lipinski definition) is 12. The standard InChI is InChI=1S/C31H43N7O6SSi/c1-20-10-11-21(31(2,3)4)16-23(20)44-30-34-22(18-45-30)26(39)35-25-27(40-5)36-29(37-28(25)41-6)33-17-24-32-12-13-38(24)19-42-14-15-43-46(7,8)9/h10-13,16,18H,14-15,17,19H2,1-9H3,(H,35,39)(H,33,36,37). The number of rotatable bonds is 15. The summed E-state index contributed by atoms with van der Waals surface area (Å²) in [7, 11) is 1.31.